The van der Waals surface area contributed by atoms with Crippen LogP contribution in [0.3, 0.4) is 0 Å². The van der Waals surface area contributed by atoms with Gasteiger partial charge in [-0.15, -0.1) is 0 Å². The molecule has 2 heteroatoms. The summed E-state index contributed by atoms with van der Waals surface area (Å²) in [5.74, 6) is 0.0270. The van der Waals surface area contributed by atoms with Crippen LogP contribution in [0.5, 0.6) is 0 Å². The Kier molecular flexibility index (Phi) is 1.47. The van der Waals surface area contributed by atoms with Crippen LogP contribution in [-0.2, 0) is 9.59 Å². The first-order valence-corrected chi connectivity index (χ1v) is 2.95. The summed E-state index contributed by atoms with van der Waals surface area (Å²) in [6, 6.07) is 0. The molecular weight excluding hydrogens is 116 g/mol. The highest BCUT2D eigenvalue weighted by atomic mass is 16.1. The maximum Gasteiger partial charge on any atom is 0.159 e. The second-order valence-corrected chi connectivity index (χ2v) is 2.31. The summed E-state index contributed by atoms with van der Waals surface area (Å²) in [6.07, 6.45) is 3.09. The molecule has 1 aliphatic rings. The van der Waals surface area contributed by atoms with Crippen LogP contribution >= 0.6 is 0 Å². The maximum absolute atomic E-state index is 10.7. The molecule has 0 amide bonds. The van der Waals surface area contributed by atoms with E-state index >= 15 is 0 Å². The number of rotatable bonds is 0. The first-order chi connectivity index (χ1) is 4.20. The molecule has 1 rings (SSSR count). The lowest BCUT2D eigenvalue weighted by Crippen LogP contribution is -2.16. The van der Waals surface area contributed by atoms with Crippen molar-refractivity contribution in [1.29, 1.82) is 0 Å². The smallest absolute Gasteiger partial charge is 0.159 e. The predicted octanol–water partition coefficient (Wildman–Crippen LogP) is 0.721. The fourth-order valence-electron chi connectivity index (χ4n) is 0.810. The summed E-state index contributed by atoms with van der Waals surface area (Å²) in [7, 11) is 0. The number of hydrogen-bond acceptors (Lipinski definition) is 2. The van der Waals surface area contributed by atoms with E-state index in [1.165, 1.54) is 12.2 Å². The van der Waals surface area contributed by atoms with Crippen molar-refractivity contribution in [3.05, 3.63) is 12.2 Å². The van der Waals surface area contributed by atoms with Gasteiger partial charge in [-0.1, -0.05) is 6.92 Å². The monoisotopic (exact) mass is 124 g/mol. The Labute approximate surface area is 53.6 Å². The third-order valence-corrected chi connectivity index (χ3v) is 1.43. The Morgan fingerprint density at radius 1 is 1.44 bits per heavy atom. The predicted molar refractivity (Wildman–Crippen MR) is 32.9 cm³/mol. The molecule has 0 radical (unpaired) electrons. The van der Waals surface area contributed by atoms with Gasteiger partial charge >= 0.3 is 0 Å². The minimum atomic E-state index is -0.0949. The van der Waals surface area contributed by atoms with Crippen molar-refractivity contribution in [2.75, 3.05) is 0 Å². The summed E-state index contributed by atoms with van der Waals surface area (Å²) in [4.78, 5) is 21.3. The van der Waals surface area contributed by atoms with Gasteiger partial charge in [0.2, 0.25) is 0 Å². The van der Waals surface area contributed by atoms with E-state index in [4.69, 9.17) is 0 Å². The molecular formula is C7H8O2. The number of carbonyl (C=O) groups excluding carboxylic acids is 2. The topological polar surface area (TPSA) is 34.1 Å². The largest absolute Gasteiger partial charge is 0.295 e. The van der Waals surface area contributed by atoms with Crippen LogP contribution in [0.1, 0.15) is 13.3 Å². The lowest BCUT2D eigenvalue weighted by molar-refractivity contribution is -0.124. The molecule has 1 aliphatic carbocycles. The molecule has 0 aromatic rings. The van der Waals surface area contributed by atoms with Crippen LogP contribution in [0.4, 0.5) is 0 Å². The number of ketones is 2. The van der Waals surface area contributed by atoms with Crippen LogP contribution in [0.15, 0.2) is 12.2 Å². The fourth-order valence-corrected chi connectivity index (χ4v) is 0.810. The Hall–Kier alpha value is -0.920. The number of carbonyl (C=O) groups is 2. The Balaban J connectivity index is 2.76. The average molecular weight is 124 g/mol. The molecule has 0 fully saturated rings. The maximum atomic E-state index is 10.7. The zero-order chi connectivity index (χ0) is 6.85. The zero-order valence-electron chi connectivity index (χ0n) is 5.26. The summed E-state index contributed by atoms with van der Waals surface area (Å²) in [6.45, 7) is 1.77. The third-order valence-electron chi connectivity index (χ3n) is 1.43. The van der Waals surface area contributed by atoms with Gasteiger partial charge in [0.05, 0.1) is 0 Å². The molecule has 0 aliphatic heterocycles. The Bertz CT molecular complexity index is 179. The van der Waals surface area contributed by atoms with E-state index in [2.05, 4.69) is 0 Å². The molecule has 9 heavy (non-hydrogen) atoms. The van der Waals surface area contributed by atoms with E-state index < -0.39 is 0 Å². The highest BCUT2D eigenvalue weighted by Gasteiger charge is 2.17. The summed E-state index contributed by atoms with van der Waals surface area (Å²) in [5.41, 5.74) is 0. The first-order valence-electron chi connectivity index (χ1n) is 2.95. The van der Waals surface area contributed by atoms with Crippen molar-refractivity contribution in [2.24, 2.45) is 5.92 Å². The SMILES string of the molecule is CC1CC(=O)C=CC1=O. The van der Waals surface area contributed by atoms with Gasteiger partial charge in [-0.2, -0.15) is 0 Å². The van der Waals surface area contributed by atoms with Gasteiger partial charge in [-0.25, -0.2) is 0 Å². The van der Waals surface area contributed by atoms with E-state index in [9.17, 15) is 9.59 Å². The van der Waals surface area contributed by atoms with Gasteiger partial charge in [-0.05, 0) is 12.2 Å². The Morgan fingerprint density at radius 2 is 2.11 bits per heavy atom. The molecule has 2 nitrogen and oxygen atoms in total. The van der Waals surface area contributed by atoms with Gasteiger partial charge in [0.15, 0.2) is 11.6 Å². The zero-order valence-corrected chi connectivity index (χ0v) is 5.26. The van der Waals surface area contributed by atoms with Crippen molar-refractivity contribution < 1.29 is 9.59 Å². The van der Waals surface area contributed by atoms with Crippen molar-refractivity contribution in [3.8, 4) is 0 Å². The van der Waals surface area contributed by atoms with Gasteiger partial charge in [0.1, 0.15) is 0 Å². The lowest BCUT2D eigenvalue weighted by atomic mass is 9.94. The minimum Gasteiger partial charge on any atom is -0.295 e. The van der Waals surface area contributed by atoms with E-state index in [-0.39, 0.29) is 17.5 Å². The molecule has 0 saturated carbocycles. The van der Waals surface area contributed by atoms with E-state index in [0.29, 0.717) is 6.42 Å². The quantitative estimate of drug-likeness (QED) is 0.477. The van der Waals surface area contributed by atoms with Crippen LogP contribution in [0.25, 0.3) is 0 Å². The highest BCUT2D eigenvalue weighted by Crippen LogP contribution is 2.10. The molecule has 0 heterocycles. The van der Waals surface area contributed by atoms with Crippen LogP contribution in [0, 0.1) is 5.92 Å². The van der Waals surface area contributed by atoms with E-state index in [1.807, 2.05) is 0 Å². The standard InChI is InChI=1S/C7H8O2/c1-5-4-6(8)2-3-7(5)9/h2-3,5H,4H2,1H3. The Morgan fingerprint density at radius 3 is 2.56 bits per heavy atom. The van der Waals surface area contributed by atoms with Crippen LogP contribution in [0.2, 0.25) is 0 Å². The molecule has 0 aromatic heterocycles. The number of allylic oxidation sites excluding steroid dienone is 2. The second kappa shape index (κ2) is 2.13. The van der Waals surface area contributed by atoms with Crippen LogP contribution < -0.4 is 0 Å². The van der Waals surface area contributed by atoms with Crippen molar-refractivity contribution in [2.45, 2.75) is 13.3 Å². The van der Waals surface area contributed by atoms with E-state index in [1.54, 1.807) is 6.92 Å². The molecule has 0 bridgehead atoms. The second-order valence-electron chi connectivity index (χ2n) is 2.31. The lowest BCUT2D eigenvalue weighted by Gasteiger charge is -2.07. The minimum absolute atomic E-state index is 0.0575. The van der Waals surface area contributed by atoms with Gasteiger partial charge in [-0.3, -0.25) is 9.59 Å². The van der Waals surface area contributed by atoms with Gasteiger partial charge in [0.25, 0.3) is 0 Å². The van der Waals surface area contributed by atoms with Crippen molar-refractivity contribution >= 4 is 11.6 Å². The van der Waals surface area contributed by atoms with E-state index in [0.717, 1.165) is 0 Å². The summed E-state index contributed by atoms with van der Waals surface area (Å²) < 4.78 is 0. The summed E-state index contributed by atoms with van der Waals surface area (Å²) in [5, 5.41) is 0. The number of hydrogen-bond donors (Lipinski definition) is 0. The summed E-state index contributed by atoms with van der Waals surface area (Å²) >= 11 is 0. The highest BCUT2D eigenvalue weighted by molar-refractivity contribution is 6.05. The normalized spacial score (nSPS) is 27.0. The molecule has 0 saturated heterocycles. The third kappa shape index (κ3) is 1.25. The molecule has 48 valence electrons. The van der Waals surface area contributed by atoms with Crippen molar-refractivity contribution in [3.63, 3.8) is 0 Å². The van der Waals surface area contributed by atoms with Crippen LogP contribution in [-0.4, -0.2) is 11.6 Å². The molecule has 0 spiro atoms. The van der Waals surface area contributed by atoms with Gasteiger partial charge < -0.3 is 0 Å². The average Bonchev–Trinajstić information content (AvgIpc) is 1.80. The fraction of sp³-hybridized carbons (Fsp3) is 0.429. The molecule has 0 aromatic carbocycles. The molecule has 0 N–H and O–H groups in total. The van der Waals surface area contributed by atoms with Gasteiger partial charge in [0, 0.05) is 12.3 Å². The molecule has 1 atom stereocenters. The molecule has 1 unspecified atom stereocenters. The van der Waals surface area contributed by atoms with Crippen molar-refractivity contribution in [1.82, 2.24) is 0 Å². The first kappa shape index (κ1) is 6.20.